The van der Waals surface area contributed by atoms with E-state index in [9.17, 15) is 9.59 Å². The fraction of sp³-hybridized carbons (Fsp3) is 0.324. The Morgan fingerprint density at radius 1 is 0.911 bits per heavy atom. The zero-order valence-corrected chi connectivity index (χ0v) is 26.0. The van der Waals surface area contributed by atoms with E-state index in [0.717, 1.165) is 54.5 Å². The highest BCUT2D eigenvalue weighted by Crippen LogP contribution is 2.36. The molecule has 1 saturated heterocycles. The van der Waals surface area contributed by atoms with Crippen LogP contribution in [-0.2, 0) is 23.3 Å². The van der Waals surface area contributed by atoms with Crippen LogP contribution in [0.5, 0.6) is 0 Å². The summed E-state index contributed by atoms with van der Waals surface area (Å²) < 4.78 is 1.78. The molecule has 1 fully saturated rings. The second-order valence-electron chi connectivity index (χ2n) is 12.8. The van der Waals surface area contributed by atoms with E-state index in [4.69, 9.17) is 10.1 Å². The summed E-state index contributed by atoms with van der Waals surface area (Å²) in [6.07, 6.45) is 3.59. The summed E-state index contributed by atoms with van der Waals surface area (Å²) in [6, 6.07) is 18.3. The number of H-pyrrole nitrogens is 1. The molecule has 2 amide bonds. The lowest BCUT2D eigenvalue weighted by Crippen LogP contribution is -2.48. The minimum absolute atomic E-state index is 0.0980. The number of carbonyl (C=O) groups is 2. The zero-order valence-electron chi connectivity index (χ0n) is 26.0. The Bertz CT molecular complexity index is 1870. The van der Waals surface area contributed by atoms with Gasteiger partial charge >= 0.3 is 0 Å². The lowest BCUT2D eigenvalue weighted by atomic mass is 9.86. The van der Waals surface area contributed by atoms with Gasteiger partial charge in [0.25, 0.3) is 5.91 Å². The number of hydrogen-bond donors (Lipinski definition) is 2. The first-order chi connectivity index (χ1) is 21.7. The van der Waals surface area contributed by atoms with Crippen LogP contribution in [0.15, 0.2) is 67.0 Å². The molecule has 5 heterocycles. The molecule has 2 aromatic carbocycles. The summed E-state index contributed by atoms with van der Waals surface area (Å²) in [5, 5.41) is 15.1. The van der Waals surface area contributed by atoms with Crippen LogP contribution in [-0.4, -0.2) is 67.7 Å². The van der Waals surface area contributed by atoms with Gasteiger partial charge < -0.3 is 20.0 Å². The van der Waals surface area contributed by atoms with Crippen LogP contribution in [0.25, 0.3) is 16.9 Å². The number of nitrogens with one attached hydrogen (secondary N) is 2. The first-order valence-electron chi connectivity index (χ1n) is 15.3. The van der Waals surface area contributed by atoms with Crippen molar-refractivity contribution in [3.05, 3.63) is 89.4 Å². The second-order valence-corrected chi connectivity index (χ2v) is 12.8. The van der Waals surface area contributed by atoms with Crippen molar-refractivity contribution in [1.29, 1.82) is 0 Å². The van der Waals surface area contributed by atoms with Crippen LogP contribution >= 0.6 is 0 Å². The molecule has 230 valence electrons. The number of piperazine rings is 1. The Morgan fingerprint density at radius 2 is 1.64 bits per heavy atom. The van der Waals surface area contributed by atoms with Gasteiger partial charge in [-0.05, 0) is 34.7 Å². The quantitative estimate of drug-likeness (QED) is 0.295. The molecule has 3 aromatic heterocycles. The van der Waals surface area contributed by atoms with Gasteiger partial charge in [0, 0.05) is 81.0 Å². The molecule has 0 spiro atoms. The molecule has 0 unspecified atom stereocenters. The lowest BCUT2D eigenvalue weighted by Gasteiger charge is -2.35. The highest BCUT2D eigenvalue weighted by molar-refractivity contribution is 6.05. The van der Waals surface area contributed by atoms with Gasteiger partial charge in [0.1, 0.15) is 5.82 Å². The van der Waals surface area contributed by atoms with Gasteiger partial charge in [0.2, 0.25) is 5.91 Å². The molecule has 11 nitrogen and oxygen atoms in total. The van der Waals surface area contributed by atoms with Crippen molar-refractivity contribution in [1.82, 2.24) is 29.7 Å². The van der Waals surface area contributed by atoms with Crippen molar-refractivity contribution in [3.63, 3.8) is 0 Å². The summed E-state index contributed by atoms with van der Waals surface area (Å²) in [7, 11) is 0. The first-order valence-corrected chi connectivity index (χ1v) is 15.3. The summed E-state index contributed by atoms with van der Waals surface area (Å²) in [5.74, 6) is 0.628. The first kappa shape index (κ1) is 28.6. The molecular formula is C34H37N9O2. The van der Waals surface area contributed by atoms with E-state index in [1.165, 1.54) is 11.1 Å². The fourth-order valence-corrected chi connectivity index (χ4v) is 6.36. The van der Waals surface area contributed by atoms with Crippen LogP contribution in [0.4, 0.5) is 17.2 Å². The van der Waals surface area contributed by atoms with Gasteiger partial charge in [-0.3, -0.25) is 14.7 Å². The zero-order chi connectivity index (χ0) is 31.3. The highest BCUT2D eigenvalue weighted by atomic mass is 16.2. The van der Waals surface area contributed by atoms with Crippen molar-refractivity contribution in [2.24, 2.45) is 0 Å². The maximum absolute atomic E-state index is 14.0. The average molecular weight is 604 g/mol. The SMILES string of the molecule is CC(=O)N1CCN(c2cccc(NC(=O)c3nn4c(-c5cn[nH]c5)cc(N5Cc6ccccc6C5)nc4c3C(C)(C)C)c2)CC1. The fourth-order valence-electron chi connectivity index (χ4n) is 6.36. The van der Waals surface area contributed by atoms with Crippen LogP contribution in [0.1, 0.15) is 54.9 Å². The molecule has 2 aliphatic rings. The number of amides is 2. The summed E-state index contributed by atoms with van der Waals surface area (Å²) in [5.41, 5.74) is 7.25. The molecule has 0 bridgehead atoms. The maximum Gasteiger partial charge on any atom is 0.276 e. The Kier molecular flexibility index (Phi) is 7.03. The number of carbonyl (C=O) groups excluding carboxylic acids is 2. The monoisotopic (exact) mass is 603 g/mol. The number of hydrogen-bond acceptors (Lipinski definition) is 7. The van der Waals surface area contributed by atoms with Gasteiger partial charge in [0.15, 0.2) is 11.3 Å². The topological polar surface area (TPSA) is 115 Å². The third kappa shape index (κ3) is 5.39. The number of benzene rings is 2. The van der Waals surface area contributed by atoms with Gasteiger partial charge in [-0.1, -0.05) is 51.1 Å². The molecule has 11 heteroatoms. The Labute approximate surface area is 261 Å². The highest BCUT2D eigenvalue weighted by Gasteiger charge is 2.32. The molecule has 0 radical (unpaired) electrons. The van der Waals surface area contributed by atoms with E-state index in [0.29, 0.717) is 30.1 Å². The molecular weight excluding hydrogens is 566 g/mol. The number of anilines is 3. The van der Waals surface area contributed by atoms with E-state index in [-0.39, 0.29) is 11.8 Å². The van der Waals surface area contributed by atoms with Crippen molar-refractivity contribution in [2.75, 3.05) is 41.3 Å². The third-order valence-electron chi connectivity index (χ3n) is 8.69. The van der Waals surface area contributed by atoms with E-state index in [1.807, 2.05) is 41.4 Å². The number of rotatable bonds is 5. The number of nitrogens with zero attached hydrogens (tertiary/aromatic N) is 7. The summed E-state index contributed by atoms with van der Waals surface area (Å²) in [4.78, 5) is 37.3. The van der Waals surface area contributed by atoms with Crippen LogP contribution in [0.3, 0.4) is 0 Å². The standard InChI is InChI=1S/C34H37N9O2/c1-22(44)40-12-14-41(15-13-40)27-11-7-10-26(16-27)37-33(45)31-30(34(2,3)4)32-38-29(42-20-23-8-5-6-9-24(23)21-42)17-28(43(32)39-31)25-18-35-36-19-25/h5-11,16-19H,12-15,20-21H2,1-4H3,(H,35,36)(H,37,45). The minimum atomic E-state index is -0.431. The smallest absolute Gasteiger partial charge is 0.276 e. The molecule has 2 N–H and O–H groups in total. The second kappa shape index (κ2) is 11.1. The molecule has 0 saturated carbocycles. The largest absolute Gasteiger partial charge is 0.368 e. The van der Waals surface area contributed by atoms with E-state index in [1.54, 1.807) is 17.6 Å². The van der Waals surface area contributed by atoms with E-state index in [2.05, 4.69) is 70.4 Å². The predicted octanol–water partition coefficient (Wildman–Crippen LogP) is 4.86. The van der Waals surface area contributed by atoms with Crippen molar-refractivity contribution in [3.8, 4) is 11.3 Å². The van der Waals surface area contributed by atoms with Gasteiger partial charge in [-0.15, -0.1) is 0 Å². The molecule has 2 aliphatic heterocycles. The Hall–Kier alpha value is -5.19. The molecule has 0 atom stereocenters. The van der Waals surface area contributed by atoms with Crippen molar-refractivity contribution < 1.29 is 9.59 Å². The van der Waals surface area contributed by atoms with Gasteiger partial charge in [-0.2, -0.15) is 10.2 Å². The Balaban J connectivity index is 1.25. The van der Waals surface area contributed by atoms with Crippen LogP contribution in [0.2, 0.25) is 0 Å². The van der Waals surface area contributed by atoms with Crippen molar-refractivity contribution in [2.45, 2.75) is 46.2 Å². The molecule has 0 aliphatic carbocycles. The maximum atomic E-state index is 14.0. The molecule has 7 rings (SSSR count). The molecule has 45 heavy (non-hydrogen) atoms. The lowest BCUT2D eigenvalue weighted by molar-refractivity contribution is -0.129. The van der Waals surface area contributed by atoms with Gasteiger partial charge in [-0.25, -0.2) is 9.50 Å². The normalized spacial score (nSPS) is 15.1. The van der Waals surface area contributed by atoms with E-state index < -0.39 is 5.41 Å². The van der Waals surface area contributed by atoms with Crippen molar-refractivity contribution >= 4 is 34.7 Å². The van der Waals surface area contributed by atoms with E-state index >= 15 is 0 Å². The summed E-state index contributed by atoms with van der Waals surface area (Å²) in [6.45, 7) is 12.2. The van der Waals surface area contributed by atoms with Gasteiger partial charge in [0.05, 0.1) is 11.9 Å². The number of aromatic nitrogens is 5. The average Bonchev–Trinajstić information content (AvgIpc) is 3.79. The molecule has 5 aromatic rings. The number of fused-ring (bicyclic) bond motifs is 2. The minimum Gasteiger partial charge on any atom is -0.368 e. The number of aromatic amines is 1. The van der Waals surface area contributed by atoms with Crippen LogP contribution < -0.4 is 15.1 Å². The Morgan fingerprint density at radius 3 is 2.29 bits per heavy atom. The predicted molar refractivity (Wildman–Crippen MR) is 174 cm³/mol. The third-order valence-corrected chi connectivity index (χ3v) is 8.69. The summed E-state index contributed by atoms with van der Waals surface area (Å²) >= 11 is 0. The van der Waals surface area contributed by atoms with Crippen LogP contribution in [0, 0.1) is 0 Å².